The zero-order valence-electron chi connectivity index (χ0n) is 11.1. The third-order valence-corrected chi connectivity index (χ3v) is 3.03. The third kappa shape index (κ3) is 3.39. The summed E-state index contributed by atoms with van der Waals surface area (Å²) in [4.78, 5) is 25.8. The molecule has 1 aliphatic heterocycles. The molecule has 0 radical (unpaired) electrons. The first kappa shape index (κ1) is 15.0. The maximum absolute atomic E-state index is 12.6. The smallest absolute Gasteiger partial charge is 0.377 e. The Kier molecular flexibility index (Phi) is 3.97. The fourth-order valence-electron chi connectivity index (χ4n) is 1.85. The van der Waals surface area contributed by atoms with Gasteiger partial charge in [0.15, 0.2) is 0 Å². The Bertz CT molecular complexity index is 645. The number of benzene rings is 1. The molecule has 2 rings (SSSR count). The average Bonchev–Trinajstić information content (AvgIpc) is 2.46. The van der Waals surface area contributed by atoms with Gasteiger partial charge in [0.05, 0.1) is 5.56 Å². The van der Waals surface area contributed by atoms with Crippen LogP contribution in [-0.4, -0.2) is 30.1 Å². The Morgan fingerprint density at radius 1 is 1.19 bits per heavy atom. The molecular weight excluding hydrogens is 283 g/mol. The molecule has 1 aromatic rings. The van der Waals surface area contributed by atoms with E-state index in [-0.39, 0.29) is 11.1 Å². The van der Waals surface area contributed by atoms with Gasteiger partial charge in [0.1, 0.15) is 0 Å². The van der Waals surface area contributed by atoms with Gasteiger partial charge in [-0.25, -0.2) is 0 Å². The van der Waals surface area contributed by atoms with Gasteiger partial charge in [-0.2, -0.15) is 13.2 Å². The fourth-order valence-corrected chi connectivity index (χ4v) is 1.85. The van der Waals surface area contributed by atoms with E-state index in [4.69, 9.17) is 0 Å². The number of alkyl halides is 3. The van der Waals surface area contributed by atoms with Crippen molar-refractivity contribution in [3.8, 4) is 0 Å². The van der Waals surface area contributed by atoms with Gasteiger partial charge in [0, 0.05) is 24.7 Å². The molecule has 1 heterocycles. The molecule has 6 heteroatoms. The van der Waals surface area contributed by atoms with E-state index >= 15 is 0 Å². The lowest BCUT2D eigenvalue weighted by Crippen LogP contribution is -2.21. The van der Waals surface area contributed by atoms with Crippen LogP contribution in [0.3, 0.4) is 0 Å². The zero-order valence-corrected chi connectivity index (χ0v) is 11.1. The van der Waals surface area contributed by atoms with Gasteiger partial charge in [-0.05, 0) is 24.4 Å². The fraction of sp³-hybridized carbons (Fsp3) is 0.200. The predicted octanol–water partition coefficient (Wildman–Crippen LogP) is 2.84. The van der Waals surface area contributed by atoms with Crippen molar-refractivity contribution < 1.29 is 22.8 Å². The molecule has 0 bridgehead atoms. The second-order valence-electron chi connectivity index (χ2n) is 4.65. The van der Waals surface area contributed by atoms with Crippen molar-refractivity contribution in [2.24, 2.45) is 0 Å². The first-order valence-corrected chi connectivity index (χ1v) is 6.14. The number of hydrogen-bond donors (Lipinski definition) is 0. The highest BCUT2D eigenvalue weighted by Crippen LogP contribution is 2.29. The summed E-state index contributed by atoms with van der Waals surface area (Å²) in [6.45, 7) is 0.466. The number of allylic oxidation sites excluding steroid dienone is 2. The number of carbonyl (C=O) groups excluding carboxylic acids is 2. The number of Topliss-reactive ketones (excluding diaryl/α,β-unsaturated/α-hetero) is 2. The number of rotatable bonds is 3. The van der Waals surface area contributed by atoms with Crippen LogP contribution in [0.5, 0.6) is 0 Å². The molecule has 0 aromatic heterocycles. The second kappa shape index (κ2) is 5.55. The Balaban J connectivity index is 2.25. The van der Waals surface area contributed by atoms with Gasteiger partial charge < -0.3 is 4.90 Å². The van der Waals surface area contributed by atoms with Gasteiger partial charge in [-0.15, -0.1) is 0 Å². The maximum atomic E-state index is 12.6. The van der Waals surface area contributed by atoms with Crippen LogP contribution in [0.2, 0.25) is 0 Å². The number of likely N-dealkylation sites (N-methyl/N-ethyl adjacent to an activating group) is 1. The molecule has 0 fully saturated rings. The minimum atomic E-state index is -4.55. The monoisotopic (exact) mass is 295 g/mol. The first-order valence-electron chi connectivity index (χ1n) is 6.14. The number of carbonyl (C=O) groups is 2. The SMILES string of the molecule is CN1C=CC(C(=O)C(=O)c2cccc(C(F)(F)F)c2)=CC1. The lowest BCUT2D eigenvalue weighted by atomic mass is 9.98. The highest BCUT2D eigenvalue weighted by molar-refractivity contribution is 6.49. The zero-order chi connectivity index (χ0) is 15.6. The van der Waals surface area contributed by atoms with Crippen LogP contribution >= 0.6 is 0 Å². The van der Waals surface area contributed by atoms with Gasteiger partial charge in [0.2, 0.25) is 11.6 Å². The standard InChI is InChI=1S/C15H12F3NO2/c1-19-7-5-10(6-8-19)13(20)14(21)11-3-2-4-12(9-11)15(16,17)18/h2-7,9H,8H2,1H3. The molecule has 21 heavy (non-hydrogen) atoms. The minimum absolute atomic E-state index is 0.190. The van der Waals surface area contributed by atoms with Crippen LogP contribution < -0.4 is 0 Å². The lowest BCUT2D eigenvalue weighted by Gasteiger charge is -2.16. The number of hydrogen-bond acceptors (Lipinski definition) is 3. The highest BCUT2D eigenvalue weighted by atomic mass is 19.4. The normalized spacial score (nSPS) is 14.9. The average molecular weight is 295 g/mol. The first-order chi connectivity index (χ1) is 9.79. The van der Waals surface area contributed by atoms with Crippen LogP contribution in [0.1, 0.15) is 15.9 Å². The van der Waals surface area contributed by atoms with Crippen molar-refractivity contribution in [3.63, 3.8) is 0 Å². The second-order valence-corrected chi connectivity index (χ2v) is 4.65. The largest absolute Gasteiger partial charge is 0.416 e. The summed E-state index contributed by atoms with van der Waals surface area (Å²) >= 11 is 0. The topological polar surface area (TPSA) is 37.4 Å². The lowest BCUT2D eigenvalue weighted by molar-refractivity contribution is -0.137. The summed E-state index contributed by atoms with van der Waals surface area (Å²) in [6, 6.07) is 3.87. The van der Waals surface area contributed by atoms with E-state index < -0.39 is 23.3 Å². The molecule has 0 unspecified atom stereocenters. The number of ketones is 2. The Morgan fingerprint density at radius 3 is 2.48 bits per heavy atom. The molecule has 1 aromatic carbocycles. The molecule has 110 valence electrons. The van der Waals surface area contributed by atoms with E-state index in [2.05, 4.69) is 0 Å². The van der Waals surface area contributed by atoms with Crippen LogP contribution in [0.25, 0.3) is 0 Å². The number of nitrogens with zero attached hydrogens (tertiary/aromatic N) is 1. The van der Waals surface area contributed by atoms with E-state index in [9.17, 15) is 22.8 Å². The molecule has 0 saturated heterocycles. The maximum Gasteiger partial charge on any atom is 0.416 e. The van der Waals surface area contributed by atoms with Crippen molar-refractivity contribution in [2.75, 3.05) is 13.6 Å². The van der Waals surface area contributed by atoms with E-state index in [1.807, 2.05) is 0 Å². The molecule has 0 amide bonds. The summed E-state index contributed by atoms with van der Waals surface area (Å²) in [5.74, 6) is -1.75. The molecular formula is C15H12F3NO2. The van der Waals surface area contributed by atoms with E-state index in [0.29, 0.717) is 12.6 Å². The molecule has 1 aliphatic rings. The predicted molar refractivity (Wildman–Crippen MR) is 70.6 cm³/mol. The molecule has 0 saturated carbocycles. The number of halogens is 3. The Hall–Kier alpha value is -2.37. The molecule has 3 nitrogen and oxygen atoms in total. The summed E-state index contributed by atoms with van der Waals surface area (Å²) in [6.07, 6.45) is 0.115. The Labute approximate surface area is 119 Å². The van der Waals surface area contributed by atoms with E-state index in [1.165, 1.54) is 12.1 Å². The van der Waals surface area contributed by atoms with Crippen molar-refractivity contribution in [2.45, 2.75) is 6.18 Å². The molecule has 0 spiro atoms. The van der Waals surface area contributed by atoms with Crippen molar-refractivity contribution in [1.29, 1.82) is 0 Å². The third-order valence-electron chi connectivity index (χ3n) is 3.03. The van der Waals surface area contributed by atoms with E-state index in [1.54, 1.807) is 24.2 Å². The Morgan fingerprint density at radius 2 is 1.90 bits per heavy atom. The minimum Gasteiger partial charge on any atom is -0.377 e. The molecule has 0 aliphatic carbocycles. The van der Waals surface area contributed by atoms with Gasteiger partial charge in [-0.3, -0.25) is 9.59 Å². The van der Waals surface area contributed by atoms with Crippen LogP contribution in [0, 0.1) is 0 Å². The summed E-state index contributed by atoms with van der Waals surface area (Å²) in [7, 11) is 1.79. The highest BCUT2D eigenvalue weighted by Gasteiger charge is 2.31. The van der Waals surface area contributed by atoms with Gasteiger partial charge in [-0.1, -0.05) is 18.2 Å². The van der Waals surface area contributed by atoms with Crippen LogP contribution in [0.4, 0.5) is 13.2 Å². The van der Waals surface area contributed by atoms with Crippen LogP contribution in [0.15, 0.2) is 48.2 Å². The summed E-state index contributed by atoms with van der Waals surface area (Å²) < 4.78 is 37.8. The summed E-state index contributed by atoms with van der Waals surface area (Å²) in [5, 5.41) is 0. The summed E-state index contributed by atoms with van der Waals surface area (Å²) in [5.41, 5.74) is -1.02. The van der Waals surface area contributed by atoms with Crippen LogP contribution in [-0.2, 0) is 11.0 Å². The molecule has 0 N–H and O–H groups in total. The quantitative estimate of drug-likeness (QED) is 0.635. The van der Waals surface area contributed by atoms with E-state index in [0.717, 1.165) is 12.1 Å². The van der Waals surface area contributed by atoms with Gasteiger partial charge in [0.25, 0.3) is 0 Å². The van der Waals surface area contributed by atoms with Gasteiger partial charge >= 0.3 is 6.18 Å². The van der Waals surface area contributed by atoms with Crippen molar-refractivity contribution in [1.82, 2.24) is 4.90 Å². The van der Waals surface area contributed by atoms with Crippen molar-refractivity contribution >= 4 is 11.6 Å². The molecule has 0 atom stereocenters. The van der Waals surface area contributed by atoms with Crippen molar-refractivity contribution in [3.05, 3.63) is 59.3 Å².